The molecular formula is C26H30N4O5S. The van der Waals surface area contributed by atoms with E-state index in [9.17, 15) is 18.0 Å². The number of sulfone groups is 1. The molecule has 0 unspecified atom stereocenters. The van der Waals surface area contributed by atoms with Gasteiger partial charge in [-0.05, 0) is 29.8 Å². The number of aromatic amines is 1. The predicted molar refractivity (Wildman–Crippen MR) is 137 cm³/mol. The zero-order valence-corrected chi connectivity index (χ0v) is 21.0. The Bertz CT molecular complexity index is 1360. The van der Waals surface area contributed by atoms with E-state index in [1.165, 1.54) is 0 Å². The van der Waals surface area contributed by atoms with Crippen LogP contribution in [0.2, 0.25) is 0 Å². The van der Waals surface area contributed by atoms with Gasteiger partial charge in [0.25, 0.3) is 5.91 Å². The molecule has 0 saturated carbocycles. The number of benzene rings is 2. The lowest BCUT2D eigenvalue weighted by molar-refractivity contribution is -0.140. The summed E-state index contributed by atoms with van der Waals surface area (Å²) in [5.74, 6) is 0.588. The summed E-state index contributed by atoms with van der Waals surface area (Å²) in [5.41, 5.74) is 2.26. The first-order valence-corrected chi connectivity index (χ1v) is 13.9. The lowest BCUT2D eigenvalue weighted by atomic mass is 10.1. The quantitative estimate of drug-likeness (QED) is 0.542. The maximum atomic E-state index is 13.5. The van der Waals surface area contributed by atoms with Crippen LogP contribution in [0.15, 0.2) is 54.6 Å². The summed E-state index contributed by atoms with van der Waals surface area (Å²) in [6, 6.07) is 16.9. The third kappa shape index (κ3) is 5.24. The van der Waals surface area contributed by atoms with E-state index < -0.39 is 9.84 Å². The van der Waals surface area contributed by atoms with E-state index >= 15 is 0 Å². The number of hydrogen-bond acceptors (Lipinski definition) is 6. The maximum Gasteiger partial charge on any atom is 0.270 e. The molecule has 36 heavy (non-hydrogen) atoms. The van der Waals surface area contributed by atoms with E-state index in [1.54, 1.807) is 18.1 Å². The highest BCUT2D eigenvalue weighted by atomic mass is 32.2. The standard InChI is InChI=1S/C26H30N4O5S/c1-35-22-7-8-23-20(13-22)14-24(27-23)26(32)29-17-21(16-28-9-11-36(33,34)12-10-28)30(25(31)18-29)15-19-5-3-2-4-6-19/h2-8,13-14,21,27H,9-12,15-18H2,1H3/t21-/m0/s1. The molecule has 0 aliphatic carbocycles. The molecule has 2 fully saturated rings. The van der Waals surface area contributed by atoms with E-state index in [0.717, 1.165) is 16.5 Å². The number of ether oxygens (including phenoxy) is 1. The minimum atomic E-state index is -3.01. The summed E-state index contributed by atoms with van der Waals surface area (Å²) in [4.78, 5) is 35.5. The molecule has 1 aromatic heterocycles. The van der Waals surface area contributed by atoms with Crippen LogP contribution in [0.1, 0.15) is 16.1 Å². The number of fused-ring (bicyclic) bond motifs is 1. The molecular weight excluding hydrogens is 480 g/mol. The van der Waals surface area contributed by atoms with E-state index in [2.05, 4.69) is 9.88 Å². The molecule has 5 rings (SSSR count). The van der Waals surface area contributed by atoms with Gasteiger partial charge in [-0.3, -0.25) is 14.5 Å². The van der Waals surface area contributed by atoms with Crippen LogP contribution in [0.5, 0.6) is 5.75 Å². The SMILES string of the molecule is COc1ccc2[nH]c(C(=O)N3CC(=O)N(Cc4ccccc4)[C@@H](CN4CCS(=O)(=O)CC4)C3)cc2c1. The maximum absolute atomic E-state index is 13.5. The molecule has 1 atom stereocenters. The second-order valence-corrected chi connectivity index (χ2v) is 11.7. The highest BCUT2D eigenvalue weighted by Crippen LogP contribution is 2.24. The lowest BCUT2D eigenvalue weighted by Gasteiger charge is -2.43. The Labute approximate surface area is 210 Å². The van der Waals surface area contributed by atoms with Crippen molar-refractivity contribution >= 4 is 32.6 Å². The largest absolute Gasteiger partial charge is 0.497 e. The number of rotatable bonds is 6. The molecule has 0 spiro atoms. The van der Waals surface area contributed by atoms with Gasteiger partial charge in [0.05, 0.1) is 24.7 Å². The van der Waals surface area contributed by atoms with Crippen molar-refractivity contribution in [3.63, 3.8) is 0 Å². The molecule has 3 heterocycles. The summed E-state index contributed by atoms with van der Waals surface area (Å²) in [6.45, 7) is 2.20. The first-order chi connectivity index (χ1) is 17.3. The lowest BCUT2D eigenvalue weighted by Crippen LogP contribution is -2.61. The fourth-order valence-electron chi connectivity index (χ4n) is 4.94. The van der Waals surface area contributed by atoms with Crippen molar-refractivity contribution in [2.24, 2.45) is 0 Å². The zero-order valence-electron chi connectivity index (χ0n) is 20.2. The van der Waals surface area contributed by atoms with Crippen molar-refractivity contribution in [1.82, 2.24) is 19.7 Å². The average Bonchev–Trinajstić information content (AvgIpc) is 3.30. The van der Waals surface area contributed by atoms with Crippen molar-refractivity contribution in [1.29, 1.82) is 0 Å². The second kappa shape index (κ2) is 9.94. The van der Waals surface area contributed by atoms with Gasteiger partial charge in [0, 0.05) is 43.6 Å². The van der Waals surface area contributed by atoms with Crippen molar-refractivity contribution in [2.45, 2.75) is 12.6 Å². The second-order valence-electron chi connectivity index (χ2n) is 9.44. The summed E-state index contributed by atoms with van der Waals surface area (Å²) in [7, 11) is -1.41. The number of hydrogen-bond donors (Lipinski definition) is 1. The number of H-pyrrole nitrogens is 1. The predicted octanol–water partition coefficient (Wildman–Crippen LogP) is 1.76. The number of amides is 2. The molecule has 0 radical (unpaired) electrons. The van der Waals surface area contributed by atoms with Crippen molar-refractivity contribution < 1.29 is 22.7 Å². The summed E-state index contributed by atoms with van der Waals surface area (Å²) in [5, 5.41) is 0.859. The van der Waals surface area contributed by atoms with E-state index in [0.29, 0.717) is 44.2 Å². The Kier molecular flexibility index (Phi) is 6.72. The molecule has 190 valence electrons. The van der Waals surface area contributed by atoms with Crippen LogP contribution in [0.25, 0.3) is 10.9 Å². The zero-order chi connectivity index (χ0) is 25.3. The average molecular weight is 511 g/mol. The Hall–Kier alpha value is -3.37. The van der Waals surface area contributed by atoms with Crippen LogP contribution >= 0.6 is 0 Å². The smallest absolute Gasteiger partial charge is 0.270 e. The molecule has 10 heteroatoms. The van der Waals surface area contributed by atoms with E-state index in [1.807, 2.05) is 53.4 Å². The van der Waals surface area contributed by atoms with Gasteiger partial charge in [-0.25, -0.2) is 8.42 Å². The van der Waals surface area contributed by atoms with Crippen LogP contribution in [-0.2, 0) is 21.2 Å². The van der Waals surface area contributed by atoms with Gasteiger partial charge in [-0.2, -0.15) is 0 Å². The Balaban J connectivity index is 1.37. The van der Waals surface area contributed by atoms with Crippen molar-refractivity contribution in [3.05, 3.63) is 65.9 Å². The van der Waals surface area contributed by atoms with Gasteiger partial charge in [-0.15, -0.1) is 0 Å². The molecule has 2 aromatic carbocycles. The third-order valence-electron chi connectivity index (χ3n) is 6.97. The Morgan fingerprint density at radius 1 is 1.08 bits per heavy atom. The molecule has 2 aliphatic rings. The van der Waals surface area contributed by atoms with Crippen LogP contribution in [-0.4, -0.2) is 97.3 Å². The van der Waals surface area contributed by atoms with Crippen LogP contribution in [0, 0.1) is 0 Å². The van der Waals surface area contributed by atoms with Gasteiger partial charge < -0.3 is 19.5 Å². The van der Waals surface area contributed by atoms with Crippen LogP contribution in [0.3, 0.4) is 0 Å². The fourth-order valence-corrected chi connectivity index (χ4v) is 6.21. The molecule has 0 bridgehead atoms. The highest BCUT2D eigenvalue weighted by Gasteiger charge is 2.37. The number of aromatic nitrogens is 1. The van der Waals surface area contributed by atoms with Gasteiger partial charge >= 0.3 is 0 Å². The summed E-state index contributed by atoms with van der Waals surface area (Å²) >= 11 is 0. The number of nitrogens with one attached hydrogen (secondary N) is 1. The normalized spacial score (nSPS) is 20.6. The molecule has 2 saturated heterocycles. The summed E-state index contributed by atoms with van der Waals surface area (Å²) < 4.78 is 29.1. The first kappa shape index (κ1) is 24.3. The third-order valence-corrected chi connectivity index (χ3v) is 8.57. The Morgan fingerprint density at radius 2 is 1.83 bits per heavy atom. The fraction of sp³-hybridized carbons (Fsp3) is 0.385. The molecule has 2 amide bonds. The van der Waals surface area contributed by atoms with E-state index in [4.69, 9.17) is 4.74 Å². The number of carbonyl (C=O) groups is 2. The van der Waals surface area contributed by atoms with Gasteiger partial charge in [-0.1, -0.05) is 30.3 Å². The van der Waals surface area contributed by atoms with Crippen LogP contribution < -0.4 is 4.74 Å². The molecule has 1 N–H and O–H groups in total. The number of methoxy groups -OCH3 is 1. The van der Waals surface area contributed by atoms with Crippen LogP contribution in [0.4, 0.5) is 0 Å². The topological polar surface area (TPSA) is 103 Å². The number of nitrogens with zero attached hydrogens (tertiary/aromatic N) is 3. The number of piperazine rings is 1. The van der Waals surface area contributed by atoms with Gasteiger partial charge in [0.15, 0.2) is 9.84 Å². The molecule has 9 nitrogen and oxygen atoms in total. The number of carbonyl (C=O) groups excluding carboxylic acids is 2. The van der Waals surface area contributed by atoms with Gasteiger partial charge in [0.2, 0.25) is 5.91 Å². The minimum absolute atomic E-state index is 0.00473. The first-order valence-electron chi connectivity index (χ1n) is 12.0. The van der Waals surface area contributed by atoms with Crippen molar-refractivity contribution in [3.8, 4) is 5.75 Å². The molecule has 3 aromatic rings. The monoisotopic (exact) mass is 510 g/mol. The van der Waals surface area contributed by atoms with Gasteiger partial charge in [0.1, 0.15) is 18.0 Å². The van der Waals surface area contributed by atoms with E-state index in [-0.39, 0.29) is 35.9 Å². The minimum Gasteiger partial charge on any atom is -0.497 e. The Morgan fingerprint density at radius 3 is 2.56 bits per heavy atom. The molecule has 2 aliphatic heterocycles. The highest BCUT2D eigenvalue weighted by molar-refractivity contribution is 7.91. The summed E-state index contributed by atoms with van der Waals surface area (Å²) in [6.07, 6.45) is 0. The van der Waals surface area contributed by atoms with Crippen molar-refractivity contribution in [2.75, 3.05) is 51.3 Å².